The van der Waals surface area contributed by atoms with Gasteiger partial charge in [0.2, 0.25) is 0 Å². The van der Waals surface area contributed by atoms with Crippen LogP contribution >= 0.6 is 23.1 Å². The van der Waals surface area contributed by atoms with Gasteiger partial charge in [-0.25, -0.2) is 0 Å². The second kappa shape index (κ2) is 9.29. The summed E-state index contributed by atoms with van der Waals surface area (Å²) in [5.74, 6) is 0. The number of hydrogen-bond donors (Lipinski definition) is 3. The van der Waals surface area contributed by atoms with E-state index in [0.29, 0.717) is 16.8 Å². The van der Waals surface area contributed by atoms with Crippen molar-refractivity contribution in [2.24, 2.45) is 0 Å². The van der Waals surface area contributed by atoms with Crippen LogP contribution in [0.2, 0.25) is 0 Å². The molecule has 1 aromatic heterocycles. The fourth-order valence-corrected chi connectivity index (χ4v) is 5.36. The topological polar surface area (TPSA) is 86.8 Å². The lowest BCUT2D eigenvalue weighted by Crippen LogP contribution is -2.62. The van der Waals surface area contributed by atoms with Crippen LogP contribution in [-0.2, 0) is 0 Å². The molecule has 0 unspecified atom stereocenters. The first-order valence-corrected chi connectivity index (χ1v) is 11.6. The van der Waals surface area contributed by atoms with Gasteiger partial charge in [-0.3, -0.25) is 5.41 Å². The first kappa shape index (κ1) is 23.4. The van der Waals surface area contributed by atoms with Crippen LogP contribution < -0.4 is 5.32 Å². The van der Waals surface area contributed by atoms with Crippen molar-refractivity contribution in [1.29, 1.82) is 16.1 Å². The maximum Gasteiger partial charge on any atom is 0.156 e. The van der Waals surface area contributed by atoms with E-state index in [4.69, 9.17) is 16.1 Å². The quantitative estimate of drug-likeness (QED) is 0.447. The molecule has 2 aromatic rings. The molecular formula is C22H31N5S2. The van der Waals surface area contributed by atoms with Crippen molar-refractivity contribution in [2.75, 3.05) is 13.3 Å². The number of nitrogens with one attached hydrogen (secondary N) is 3. The van der Waals surface area contributed by atoms with Crippen LogP contribution in [0.15, 0.2) is 24.3 Å². The SMILES string of the molecule is CSC(=N)N(C)C1CC(C)(C)NC(C)(C)C1.N#Cc1ccc2sc(C=N)cc2c1. The molecule has 7 heteroatoms. The van der Waals surface area contributed by atoms with E-state index < -0.39 is 0 Å². The first-order valence-electron chi connectivity index (χ1n) is 9.59. The molecule has 1 aromatic carbocycles. The van der Waals surface area contributed by atoms with Crippen LogP contribution in [0.4, 0.5) is 0 Å². The summed E-state index contributed by atoms with van der Waals surface area (Å²) in [6, 6.07) is 10.0. The Morgan fingerprint density at radius 2 is 1.90 bits per heavy atom. The minimum Gasteiger partial charge on any atom is -0.352 e. The van der Waals surface area contributed by atoms with Gasteiger partial charge in [0.1, 0.15) is 0 Å². The molecule has 29 heavy (non-hydrogen) atoms. The average molecular weight is 430 g/mol. The molecular weight excluding hydrogens is 398 g/mol. The van der Waals surface area contributed by atoms with E-state index in [0.717, 1.165) is 27.8 Å². The van der Waals surface area contributed by atoms with Crippen LogP contribution in [0, 0.1) is 22.1 Å². The second-order valence-corrected chi connectivity index (χ2v) is 10.6. The minimum absolute atomic E-state index is 0.152. The van der Waals surface area contributed by atoms with Gasteiger partial charge in [-0.2, -0.15) is 5.26 Å². The highest BCUT2D eigenvalue weighted by atomic mass is 32.2. The number of rotatable bonds is 2. The summed E-state index contributed by atoms with van der Waals surface area (Å²) in [6.07, 6.45) is 5.48. The number of amidine groups is 1. The van der Waals surface area contributed by atoms with Gasteiger partial charge in [0, 0.05) is 40.0 Å². The smallest absolute Gasteiger partial charge is 0.156 e. The zero-order chi connectivity index (χ0) is 21.8. The van der Waals surface area contributed by atoms with Crippen LogP contribution in [0.25, 0.3) is 10.1 Å². The first-order chi connectivity index (χ1) is 13.5. The minimum atomic E-state index is 0.152. The number of thiophene rings is 1. The Bertz CT molecular complexity index is 907. The Hall–Kier alpha value is -1.88. The van der Waals surface area contributed by atoms with E-state index in [2.05, 4.69) is 44.0 Å². The molecule has 0 atom stereocenters. The van der Waals surface area contributed by atoms with Gasteiger partial charge < -0.3 is 15.6 Å². The van der Waals surface area contributed by atoms with Gasteiger partial charge in [0.05, 0.1) is 11.6 Å². The third kappa shape index (κ3) is 6.30. The number of nitriles is 1. The van der Waals surface area contributed by atoms with E-state index in [-0.39, 0.29) is 11.1 Å². The normalized spacial score (nSPS) is 17.7. The summed E-state index contributed by atoms with van der Waals surface area (Å²) in [5.41, 5.74) is 0.973. The van der Waals surface area contributed by atoms with Crippen molar-refractivity contribution in [3.05, 3.63) is 34.7 Å². The van der Waals surface area contributed by atoms with Gasteiger partial charge in [-0.05, 0) is 76.4 Å². The number of piperidine rings is 1. The molecule has 5 nitrogen and oxygen atoms in total. The summed E-state index contributed by atoms with van der Waals surface area (Å²) in [5, 5.41) is 29.1. The monoisotopic (exact) mass is 429 g/mol. The summed E-state index contributed by atoms with van der Waals surface area (Å²) in [6.45, 7) is 8.99. The Morgan fingerprint density at radius 1 is 1.28 bits per heavy atom. The van der Waals surface area contributed by atoms with E-state index >= 15 is 0 Å². The molecule has 3 N–H and O–H groups in total. The molecule has 1 fully saturated rings. The zero-order valence-corrected chi connectivity index (χ0v) is 19.7. The predicted molar refractivity (Wildman–Crippen MR) is 128 cm³/mol. The third-order valence-corrected chi connectivity index (χ3v) is 6.77. The summed E-state index contributed by atoms with van der Waals surface area (Å²) in [7, 11) is 2.04. The standard InChI is InChI=1S/C12H25N3S.C10H6N2S/c1-11(2)7-9(8-12(3,4)14-11)15(5)10(13)16-6;11-5-7-1-2-10-8(3-7)4-9(6-12)13-10/h9,13-14H,7-8H2,1-6H3;1-4,6,12H. The molecule has 0 amide bonds. The summed E-state index contributed by atoms with van der Waals surface area (Å²) in [4.78, 5) is 3.04. The molecule has 0 saturated carbocycles. The Balaban J connectivity index is 0.000000211. The number of fused-ring (bicyclic) bond motifs is 1. The number of nitrogens with zero attached hydrogens (tertiary/aromatic N) is 2. The maximum absolute atomic E-state index is 8.67. The van der Waals surface area contributed by atoms with Crippen LogP contribution in [0.5, 0.6) is 0 Å². The van der Waals surface area contributed by atoms with Crippen LogP contribution in [0.3, 0.4) is 0 Å². The Labute approximate surface area is 182 Å². The zero-order valence-electron chi connectivity index (χ0n) is 18.1. The molecule has 1 saturated heterocycles. The molecule has 2 heterocycles. The molecule has 0 radical (unpaired) electrons. The second-order valence-electron chi connectivity index (χ2n) is 8.73. The number of benzene rings is 1. The van der Waals surface area contributed by atoms with Crippen molar-refractivity contribution in [2.45, 2.75) is 57.7 Å². The van der Waals surface area contributed by atoms with E-state index in [1.54, 1.807) is 17.4 Å². The van der Waals surface area contributed by atoms with Crippen molar-refractivity contribution in [3.8, 4) is 6.07 Å². The van der Waals surface area contributed by atoms with Gasteiger partial charge in [-0.1, -0.05) is 11.8 Å². The molecule has 1 aliphatic rings. The van der Waals surface area contributed by atoms with Crippen molar-refractivity contribution >= 4 is 44.6 Å². The summed E-state index contributed by atoms with van der Waals surface area (Å²) >= 11 is 3.08. The third-order valence-electron chi connectivity index (χ3n) is 5.04. The molecule has 0 spiro atoms. The van der Waals surface area contributed by atoms with E-state index in [1.807, 2.05) is 31.5 Å². The molecule has 0 bridgehead atoms. The van der Waals surface area contributed by atoms with E-state index in [9.17, 15) is 0 Å². The predicted octanol–water partition coefficient (Wildman–Crippen LogP) is 5.30. The lowest BCUT2D eigenvalue weighted by atomic mass is 9.79. The van der Waals surface area contributed by atoms with Gasteiger partial charge in [0.15, 0.2) is 5.17 Å². The fourth-order valence-electron chi connectivity index (χ4n) is 4.06. The van der Waals surface area contributed by atoms with Gasteiger partial charge >= 0.3 is 0 Å². The van der Waals surface area contributed by atoms with Gasteiger partial charge in [-0.15, -0.1) is 11.3 Å². The highest BCUT2D eigenvalue weighted by Gasteiger charge is 2.39. The average Bonchev–Trinajstić information content (AvgIpc) is 3.07. The number of hydrogen-bond acceptors (Lipinski definition) is 6. The molecule has 3 rings (SSSR count). The maximum atomic E-state index is 8.67. The molecule has 1 aliphatic heterocycles. The number of thioether (sulfide) groups is 1. The molecule has 0 aliphatic carbocycles. The largest absolute Gasteiger partial charge is 0.352 e. The molecule has 156 valence electrons. The summed E-state index contributed by atoms with van der Waals surface area (Å²) < 4.78 is 1.12. The van der Waals surface area contributed by atoms with Crippen molar-refractivity contribution < 1.29 is 0 Å². The Kier molecular flexibility index (Phi) is 7.50. The van der Waals surface area contributed by atoms with E-state index in [1.165, 1.54) is 18.0 Å². The fraction of sp³-hybridized carbons (Fsp3) is 0.500. The highest BCUT2D eigenvalue weighted by molar-refractivity contribution is 8.13. The highest BCUT2D eigenvalue weighted by Crippen LogP contribution is 2.31. The van der Waals surface area contributed by atoms with Crippen LogP contribution in [0.1, 0.15) is 51.0 Å². The van der Waals surface area contributed by atoms with Crippen molar-refractivity contribution in [3.63, 3.8) is 0 Å². The lowest BCUT2D eigenvalue weighted by Gasteiger charge is -2.49. The lowest BCUT2D eigenvalue weighted by molar-refractivity contribution is 0.114. The van der Waals surface area contributed by atoms with Crippen molar-refractivity contribution in [1.82, 2.24) is 10.2 Å². The van der Waals surface area contributed by atoms with Crippen LogP contribution in [-0.4, -0.2) is 46.7 Å². The van der Waals surface area contributed by atoms with Gasteiger partial charge in [0.25, 0.3) is 0 Å². The Morgan fingerprint density at radius 3 is 2.41 bits per heavy atom.